The van der Waals surface area contributed by atoms with Crippen molar-refractivity contribution in [2.24, 2.45) is 0 Å². The Morgan fingerprint density at radius 3 is 2.62 bits per heavy atom. The molecule has 154 valence electrons. The Morgan fingerprint density at radius 2 is 1.90 bits per heavy atom. The highest BCUT2D eigenvalue weighted by Crippen LogP contribution is 2.21. The number of aromatic amines is 1. The van der Waals surface area contributed by atoms with Crippen molar-refractivity contribution in [1.82, 2.24) is 14.6 Å². The molecule has 8 heteroatoms. The highest BCUT2D eigenvalue weighted by molar-refractivity contribution is 7.88. The molecule has 1 aromatic heterocycles. The van der Waals surface area contributed by atoms with E-state index in [0.717, 1.165) is 22.0 Å². The lowest BCUT2D eigenvalue weighted by Gasteiger charge is -2.17. The maximum atomic E-state index is 12.2. The fraction of sp³-hybridized carbons (Fsp3) is 0.286. The van der Waals surface area contributed by atoms with Crippen molar-refractivity contribution < 1.29 is 17.9 Å². The van der Waals surface area contributed by atoms with Crippen LogP contribution in [0, 0.1) is 0 Å². The van der Waals surface area contributed by atoms with Crippen LogP contribution >= 0.6 is 0 Å². The Balaban J connectivity index is 1.61. The summed E-state index contributed by atoms with van der Waals surface area (Å²) < 4.78 is 31.3. The molecule has 2 aromatic carbocycles. The Hall–Kier alpha value is -2.84. The number of rotatable bonds is 8. The zero-order chi connectivity index (χ0) is 20.9. The van der Waals surface area contributed by atoms with E-state index < -0.39 is 10.0 Å². The summed E-state index contributed by atoms with van der Waals surface area (Å²) in [7, 11) is -0.226. The summed E-state index contributed by atoms with van der Waals surface area (Å²) in [5.74, 6) is -0.0736. The largest absolute Gasteiger partial charge is 0.445 e. The SMILES string of the molecule is CNS(=O)(=O)Cc1ccc2[nH]cc(CCN(C)C(=O)OCc3ccccc3)c2c1. The van der Waals surface area contributed by atoms with E-state index in [1.54, 1.807) is 13.1 Å². The second-order valence-electron chi connectivity index (χ2n) is 6.87. The van der Waals surface area contributed by atoms with Gasteiger partial charge in [0, 0.05) is 30.7 Å². The summed E-state index contributed by atoms with van der Waals surface area (Å²) in [6.45, 7) is 0.722. The minimum Gasteiger partial charge on any atom is -0.445 e. The van der Waals surface area contributed by atoms with Gasteiger partial charge in [0.2, 0.25) is 10.0 Å². The summed E-state index contributed by atoms with van der Waals surface area (Å²) in [5, 5.41) is 0.958. The lowest BCUT2D eigenvalue weighted by atomic mass is 10.1. The molecular formula is C21H25N3O4S. The molecular weight excluding hydrogens is 390 g/mol. The average molecular weight is 416 g/mol. The standard InChI is InChI=1S/C21H25N3O4S/c1-22-29(26,27)15-17-8-9-20-19(12-17)18(13-23-20)10-11-24(2)21(25)28-14-16-6-4-3-5-7-16/h3-9,12-13,22-23H,10-11,14-15H2,1-2H3. The van der Waals surface area contributed by atoms with Crippen LogP contribution in [0.2, 0.25) is 0 Å². The number of nitrogens with one attached hydrogen (secondary N) is 2. The van der Waals surface area contributed by atoms with Gasteiger partial charge >= 0.3 is 6.09 Å². The molecule has 0 aliphatic carbocycles. The molecule has 0 atom stereocenters. The summed E-state index contributed by atoms with van der Waals surface area (Å²) in [6, 6.07) is 15.1. The fourth-order valence-electron chi connectivity index (χ4n) is 3.02. The van der Waals surface area contributed by atoms with E-state index in [1.807, 2.05) is 48.7 Å². The molecule has 3 rings (SSSR count). The van der Waals surface area contributed by atoms with Crippen LogP contribution in [0.5, 0.6) is 0 Å². The van der Waals surface area contributed by atoms with E-state index in [9.17, 15) is 13.2 Å². The molecule has 1 heterocycles. The quantitative estimate of drug-likeness (QED) is 0.592. The van der Waals surface area contributed by atoms with Crippen LogP contribution in [-0.2, 0) is 33.5 Å². The molecule has 0 aliphatic rings. The molecule has 0 radical (unpaired) electrons. The van der Waals surface area contributed by atoms with Crippen LogP contribution in [-0.4, -0.2) is 45.0 Å². The lowest BCUT2D eigenvalue weighted by Crippen LogP contribution is -2.29. The first kappa shape index (κ1) is 20.9. The molecule has 0 unspecified atom stereocenters. The van der Waals surface area contributed by atoms with Crippen molar-refractivity contribution in [3.63, 3.8) is 0 Å². The van der Waals surface area contributed by atoms with Gasteiger partial charge in [-0.2, -0.15) is 0 Å². The van der Waals surface area contributed by atoms with Gasteiger partial charge in [-0.25, -0.2) is 17.9 Å². The number of amides is 1. The van der Waals surface area contributed by atoms with E-state index in [0.29, 0.717) is 18.5 Å². The third-order valence-electron chi connectivity index (χ3n) is 4.73. The Kier molecular flexibility index (Phi) is 6.56. The molecule has 29 heavy (non-hydrogen) atoms. The molecule has 0 saturated carbocycles. The molecule has 0 aliphatic heterocycles. The second kappa shape index (κ2) is 9.11. The zero-order valence-electron chi connectivity index (χ0n) is 16.5. The first-order valence-corrected chi connectivity index (χ1v) is 10.9. The van der Waals surface area contributed by atoms with Crippen LogP contribution in [0.3, 0.4) is 0 Å². The van der Waals surface area contributed by atoms with Gasteiger partial charge in [0.05, 0.1) is 5.75 Å². The second-order valence-corrected chi connectivity index (χ2v) is 8.80. The van der Waals surface area contributed by atoms with Crippen molar-refractivity contribution in [3.8, 4) is 0 Å². The van der Waals surface area contributed by atoms with Crippen LogP contribution in [0.15, 0.2) is 54.7 Å². The van der Waals surface area contributed by atoms with Gasteiger partial charge in [-0.05, 0) is 42.3 Å². The van der Waals surface area contributed by atoms with Crippen molar-refractivity contribution >= 4 is 27.0 Å². The lowest BCUT2D eigenvalue weighted by molar-refractivity contribution is 0.105. The number of benzene rings is 2. The minimum absolute atomic E-state index is 0.0736. The number of hydrogen-bond donors (Lipinski definition) is 2. The van der Waals surface area contributed by atoms with Crippen molar-refractivity contribution in [3.05, 3.63) is 71.4 Å². The number of carbonyl (C=O) groups excluding carboxylic acids is 1. The van der Waals surface area contributed by atoms with Gasteiger partial charge in [-0.15, -0.1) is 0 Å². The van der Waals surface area contributed by atoms with Crippen LogP contribution in [0.1, 0.15) is 16.7 Å². The number of H-pyrrole nitrogens is 1. The van der Waals surface area contributed by atoms with Gasteiger partial charge in [0.1, 0.15) is 6.61 Å². The van der Waals surface area contributed by atoms with Gasteiger partial charge in [-0.3, -0.25) is 0 Å². The molecule has 1 amide bonds. The number of sulfonamides is 1. The van der Waals surface area contributed by atoms with E-state index >= 15 is 0 Å². The Bertz CT molecular complexity index is 1080. The van der Waals surface area contributed by atoms with Crippen molar-refractivity contribution in [2.75, 3.05) is 20.6 Å². The normalized spacial score (nSPS) is 11.5. The number of nitrogens with zero attached hydrogens (tertiary/aromatic N) is 1. The molecule has 0 saturated heterocycles. The number of likely N-dealkylation sites (N-methyl/N-ethyl adjacent to an activating group) is 1. The van der Waals surface area contributed by atoms with Gasteiger partial charge < -0.3 is 14.6 Å². The molecule has 0 bridgehead atoms. The smallest absolute Gasteiger partial charge is 0.409 e. The van der Waals surface area contributed by atoms with E-state index in [1.165, 1.54) is 11.9 Å². The molecule has 2 N–H and O–H groups in total. The van der Waals surface area contributed by atoms with E-state index in [-0.39, 0.29) is 18.5 Å². The zero-order valence-corrected chi connectivity index (χ0v) is 17.3. The topological polar surface area (TPSA) is 91.5 Å². The minimum atomic E-state index is -3.33. The number of ether oxygens (including phenoxy) is 1. The van der Waals surface area contributed by atoms with Crippen molar-refractivity contribution in [1.29, 1.82) is 0 Å². The fourth-order valence-corrected chi connectivity index (χ4v) is 3.79. The van der Waals surface area contributed by atoms with E-state index in [4.69, 9.17) is 4.74 Å². The Labute approximate surface area is 170 Å². The third kappa shape index (κ3) is 5.58. The van der Waals surface area contributed by atoms with Gasteiger partial charge in [-0.1, -0.05) is 36.4 Å². The summed E-state index contributed by atoms with van der Waals surface area (Å²) in [6.07, 6.45) is 2.14. The predicted molar refractivity (Wildman–Crippen MR) is 113 cm³/mol. The number of carbonyl (C=O) groups is 1. The van der Waals surface area contributed by atoms with Gasteiger partial charge in [0.25, 0.3) is 0 Å². The molecule has 7 nitrogen and oxygen atoms in total. The van der Waals surface area contributed by atoms with Crippen LogP contribution in [0.25, 0.3) is 10.9 Å². The van der Waals surface area contributed by atoms with Crippen LogP contribution in [0.4, 0.5) is 4.79 Å². The third-order valence-corrected chi connectivity index (χ3v) is 6.07. The monoisotopic (exact) mass is 415 g/mol. The molecule has 0 fully saturated rings. The predicted octanol–water partition coefficient (Wildman–Crippen LogP) is 3.03. The van der Waals surface area contributed by atoms with Crippen molar-refractivity contribution in [2.45, 2.75) is 18.8 Å². The first-order valence-electron chi connectivity index (χ1n) is 9.30. The number of fused-ring (bicyclic) bond motifs is 1. The number of hydrogen-bond acceptors (Lipinski definition) is 4. The average Bonchev–Trinajstić information content (AvgIpc) is 3.13. The first-order chi connectivity index (χ1) is 13.9. The maximum Gasteiger partial charge on any atom is 0.409 e. The molecule has 0 spiro atoms. The highest BCUT2D eigenvalue weighted by atomic mass is 32.2. The number of aromatic nitrogens is 1. The Morgan fingerprint density at radius 1 is 1.14 bits per heavy atom. The van der Waals surface area contributed by atoms with Gasteiger partial charge in [0.15, 0.2) is 0 Å². The van der Waals surface area contributed by atoms with Crippen LogP contribution < -0.4 is 4.72 Å². The summed E-state index contributed by atoms with van der Waals surface area (Å²) >= 11 is 0. The summed E-state index contributed by atoms with van der Waals surface area (Å²) in [4.78, 5) is 16.9. The molecule has 3 aromatic rings. The summed E-state index contributed by atoms with van der Waals surface area (Å²) in [5.41, 5.74) is 3.60. The highest BCUT2D eigenvalue weighted by Gasteiger charge is 2.13. The maximum absolute atomic E-state index is 12.2. The van der Waals surface area contributed by atoms with E-state index in [2.05, 4.69) is 9.71 Å².